The van der Waals surface area contributed by atoms with Crippen molar-refractivity contribution in [1.29, 1.82) is 0 Å². The van der Waals surface area contributed by atoms with Crippen LogP contribution in [0.25, 0.3) is 11.1 Å². The molecular weight excluding hydrogens is 220 g/mol. The summed E-state index contributed by atoms with van der Waals surface area (Å²) >= 11 is 0. The summed E-state index contributed by atoms with van der Waals surface area (Å²) in [6, 6.07) is 4.86. The van der Waals surface area contributed by atoms with Crippen molar-refractivity contribution in [2.24, 2.45) is 0 Å². The molecule has 0 bridgehead atoms. The van der Waals surface area contributed by atoms with Crippen LogP contribution in [0.15, 0.2) is 36.9 Å². The van der Waals surface area contributed by atoms with Gasteiger partial charge in [0.05, 0.1) is 12.7 Å². The molecule has 0 fully saturated rings. The van der Waals surface area contributed by atoms with Gasteiger partial charge in [0.2, 0.25) is 0 Å². The first kappa shape index (κ1) is 11.1. The molecule has 0 aliphatic rings. The number of ether oxygens (including phenoxy) is 1. The monoisotopic (exact) mass is 230 g/mol. The van der Waals surface area contributed by atoms with E-state index in [4.69, 9.17) is 9.84 Å². The summed E-state index contributed by atoms with van der Waals surface area (Å²) in [5.74, 6) is -0.509. The lowest BCUT2D eigenvalue weighted by atomic mass is 10.0. The number of hydrogen-bond acceptors (Lipinski definition) is 4. The summed E-state index contributed by atoms with van der Waals surface area (Å²) in [4.78, 5) is 18.9. The van der Waals surface area contributed by atoms with Crippen LogP contribution >= 0.6 is 0 Å². The maximum Gasteiger partial charge on any atom is 0.336 e. The molecule has 0 aliphatic carbocycles. The highest BCUT2D eigenvalue weighted by atomic mass is 16.5. The van der Waals surface area contributed by atoms with Gasteiger partial charge in [-0.3, -0.25) is 0 Å². The maximum absolute atomic E-state index is 11.2. The van der Waals surface area contributed by atoms with Crippen LogP contribution in [0.5, 0.6) is 5.75 Å². The van der Waals surface area contributed by atoms with Crippen LogP contribution in [0.3, 0.4) is 0 Å². The molecule has 0 radical (unpaired) electrons. The Kier molecular flexibility index (Phi) is 3.00. The van der Waals surface area contributed by atoms with Gasteiger partial charge >= 0.3 is 5.97 Å². The first-order valence-electron chi connectivity index (χ1n) is 4.89. The second-order valence-electron chi connectivity index (χ2n) is 3.34. The van der Waals surface area contributed by atoms with Gasteiger partial charge in [-0.15, -0.1) is 0 Å². The zero-order chi connectivity index (χ0) is 12.3. The summed E-state index contributed by atoms with van der Waals surface area (Å²) in [5.41, 5.74) is 1.39. The normalized spacial score (nSPS) is 9.94. The second-order valence-corrected chi connectivity index (χ2v) is 3.34. The van der Waals surface area contributed by atoms with Crippen molar-refractivity contribution in [3.8, 4) is 16.9 Å². The van der Waals surface area contributed by atoms with Gasteiger partial charge < -0.3 is 9.84 Å². The van der Waals surface area contributed by atoms with Crippen molar-refractivity contribution >= 4 is 5.97 Å². The van der Waals surface area contributed by atoms with Gasteiger partial charge in [0.25, 0.3) is 0 Å². The van der Waals surface area contributed by atoms with E-state index >= 15 is 0 Å². The number of hydrogen-bond donors (Lipinski definition) is 1. The molecule has 0 amide bonds. The molecule has 2 aromatic rings. The molecule has 0 spiro atoms. The van der Waals surface area contributed by atoms with Crippen LogP contribution in [0.4, 0.5) is 0 Å². The Balaban J connectivity index is 2.58. The Morgan fingerprint density at radius 3 is 2.59 bits per heavy atom. The van der Waals surface area contributed by atoms with Crippen LogP contribution in [0.2, 0.25) is 0 Å². The van der Waals surface area contributed by atoms with E-state index in [0.717, 1.165) is 0 Å². The second kappa shape index (κ2) is 4.61. The third kappa shape index (κ3) is 2.23. The van der Waals surface area contributed by atoms with Gasteiger partial charge in [0.15, 0.2) is 0 Å². The number of methoxy groups -OCH3 is 1. The minimum atomic E-state index is -1.01. The van der Waals surface area contributed by atoms with Crippen LogP contribution in [0.1, 0.15) is 10.4 Å². The highest BCUT2D eigenvalue weighted by Crippen LogP contribution is 2.26. The SMILES string of the molecule is COc1ccc(-c2cncnc2)c(C(=O)O)c1. The average molecular weight is 230 g/mol. The van der Waals surface area contributed by atoms with E-state index in [1.54, 1.807) is 24.5 Å². The molecule has 0 saturated carbocycles. The third-order valence-corrected chi connectivity index (χ3v) is 2.33. The molecule has 0 unspecified atom stereocenters. The highest BCUT2D eigenvalue weighted by molar-refractivity contribution is 5.96. The van der Waals surface area contributed by atoms with Crippen LogP contribution in [-0.2, 0) is 0 Å². The molecule has 2 rings (SSSR count). The molecule has 0 aliphatic heterocycles. The molecule has 1 heterocycles. The van der Waals surface area contributed by atoms with E-state index < -0.39 is 5.97 Å². The topological polar surface area (TPSA) is 72.3 Å². The van der Waals surface area contributed by atoms with Gasteiger partial charge in [-0.2, -0.15) is 0 Å². The zero-order valence-corrected chi connectivity index (χ0v) is 9.12. The molecule has 5 heteroatoms. The Bertz CT molecular complexity index is 541. The lowest BCUT2D eigenvalue weighted by Crippen LogP contribution is -2.00. The number of carboxylic acids is 1. The molecule has 86 valence electrons. The summed E-state index contributed by atoms with van der Waals surface area (Å²) in [7, 11) is 1.49. The molecule has 0 saturated heterocycles. The highest BCUT2D eigenvalue weighted by Gasteiger charge is 2.13. The standard InChI is InChI=1S/C12H10N2O3/c1-17-9-2-3-10(11(4-9)12(15)16)8-5-13-7-14-6-8/h2-7H,1H3,(H,15,16). The van der Waals surface area contributed by atoms with Gasteiger partial charge in [-0.05, 0) is 23.8 Å². The molecule has 1 aromatic heterocycles. The van der Waals surface area contributed by atoms with E-state index in [0.29, 0.717) is 16.9 Å². The molecule has 17 heavy (non-hydrogen) atoms. The van der Waals surface area contributed by atoms with Crippen molar-refractivity contribution in [2.75, 3.05) is 7.11 Å². The fraction of sp³-hybridized carbons (Fsp3) is 0.0833. The average Bonchev–Trinajstić information content (AvgIpc) is 2.39. The molecule has 5 nitrogen and oxygen atoms in total. The minimum Gasteiger partial charge on any atom is -0.497 e. The Morgan fingerprint density at radius 1 is 1.29 bits per heavy atom. The predicted molar refractivity (Wildman–Crippen MR) is 61.0 cm³/mol. The van der Waals surface area contributed by atoms with Gasteiger partial charge in [-0.1, -0.05) is 0 Å². The quantitative estimate of drug-likeness (QED) is 0.871. The fourth-order valence-corrected chi connectivity index (χ4v) is 1.52. The molecule has 1 N–H and O–H groups in total. The Hall–Kier alpha value is -2.43. The number of aromatic carboxylic acids is 1. The van der Waals surface area contributed by atoms with E-state index in [1.165, 1.54) is 19.5 Å². The number of rotatable bonds is 3. The number of carbonyl (C=O) groups is 1. The van der Waals surface area contributed by atoms with Gasteiger partial charge in [-0.25, -0.2) is 14.8 Å². The lowest BCUT2D eigenvalue weighted by molar-refractivity contribution is 0.0697. The minimum absolute atomic E-state index is 0.166. The number of nitrogens with zero attached hydrogens (tertiary/aromatic N) is 2. The molecule has 0 atom stereocenters. The number of benzene rings is 1. The van der Waals surface area contributed by atoms with E-state index in [2.05, 4.69) is 9.97 Å². The number of aromatic nitrogens is 2. The summed E-state index contributed by atoms with van der Waals surface area (Å²) in [6.45, 7) is 0. The summed E-state index contributed by atoms with van der Waals surface area (Å²) < 4.78 is 5.00. The van der Waals surface area contributed by atoms with Crippen LogP contribution in [-0.4, -0.2) is 28.2 Å². The third-order valence-electron chi connectivity index (χ3n) is 2.33. The first-order valence-corrected chi connectivity index (χ1v) is 4.89. The first-order chi connectivity index (χ1) is 8.22. The predicted octanol–water partition coefficient (Wildman–Crippen LogP) is 1.85. The molecule has 1 aromatic carbocycles. The Labute approximate surface area is 97.7 Å². The van der Waals surface area contributed by atoms with Crippen LogP contribution < -0.4 is 4.74 Å². The van der Waals surface area contributed by atoms with Crippen molar-refractivity contribution in [3.63, 3.8) is 0 Å². The summed E-state index contributed by atoms with van der Waals surface area (Å²) in [5, 5.41) is 9.15. The zero-order valence-electron chi connectivity index (χ0n) is 9.12. The van der Waals surface area contributed by atoms with Crippen LogP contribution in [0, 0.1) is 0 Å². The Morgan fingerprint density at radius 2 is 2.00 bits per heavy atom. The number of carboxylic acid groups (broad SMARTS) is 1. The van der Waals surface area contributed by atoms with Crippen molar-refractivity contribution in [2.45, 2.75) is 0 Å². The molecular formula is C12H10N2O3. The van der Waals surface area contributed by atoms with E-state index in [-0.39, 0.29) is 5.56 Å². The van der Waals surface area contributed by atoms with Crippen molar-refractivity contribution in [1.82, 2.24) is 9.97 Å². The van der Waals surface area contributed by atoms with E-state index in [9.17, 15) is 4.79 Å². The van der Waals surface area contributed by atoms with Crippen molar-refractivity contribution in [3.05, 3.63) is 42.5 Å². The van der Waals surface area contributed by atoms with Crippen molar-refractivity contribution < 1.29 is 14.6 Å². The lowest BCUT2D eigenvalue weighted by Gasteiger charge is -2.07. The largest absolute Gasteiger partial charge is 0.497 e. The van der Waals surface area contributed by atoms with Gasteiger partial charge in [0.1, 0.15) is 12.1 Å². The fourth-order valence-electron chi connectivity index (χ4n) is 1.52. The van der Waals surface area contributed by atoms with Gasteiger partial charge in [0, 0.05) is 18.0 Å². The maximum atomic E-state index is 11.2. The summed E-state index contributed by atoms with van der Waals surface area (Å²) in [6.07, 6.45) is 4.54. The smallest absolute Gasteiger partial charge is 0.336 e. The van der Waals surface area contributed by atoms with E-state index in [1.807, 2.05) is 0 Å².